The molecule has 0 aromatic carbocycles. The molecule has 0 spiro atoms. The molecule has 0 unspecified atom stereocenters. The summed E-state index contributed by atoms with van der Waals surface area (Å²) >= 11 is 0. The van der Waals surface area contributed by atoms with E-state index in [9.17, 15) is 9.59 Å². The lowest BCUT2D eigenvalue weighted by Gasteiger charge is -2.04. The quantitative estimate of drug-likeness (QED) is 0.445. The molecule has 0 saturated carbocycles. The summed E-state index contributed by atoms with van der Waals surface area (Å²) in [5.41, 5.74) is 1.91. The number of carbonyl (C=O) groups excluding carboxylic acids is 2. The Bertz CT molecular complexity index is 591. The maximum absolute atomic E-state index is 11.7. The first-order chi connectivity index (χ1) is 9.26. The van der Waals surface area contributed by atoms with E-state index in [-0.39, 0.29) is 6.61 Å². The van der Waals surface area contributed by atoms with Crippen molar-refractivity contribution < 1.29 is 19.1 Å². The van der Waals surface area contributed by atoms with E-state index in [2.05, 4.69) is 4.98 Å². The first-order valence-corrected chi connectivity index (χ1v) is 5.90. The van der Waals surface area contributed by atoms with Crippen molar-refractivity contribution in [2.24, 2.45) is 0 Å². The van der Waals surface area contributed by atoms with Gasteiger partial charge in [-0.15, -0.1) is 0 Å². The highest BCUT2D eigenvalue weighted by Gasteiger charge is 2.12. The molecule has 0 radical (unpaired) electrons. The SMILES string of the molecule is CCOC(=O)c1cnc2cc(COCC=O)ccn12. The first kappa shape index (κ1) is 13.2. The van der Waals surface area contributed by atoms with Crippen LogP contribution in [-0.4, -0.2) is 34.9 Å². The number of aromatic nitrogens is 2. The number of aldehydes is 1. The van der Waals surface area contributed by atoms with Crippen molar-refractivity contribution >= 4 is 17.9 Å². The molecule has 2 aromatic heterocycles. The van der Waals surface area contributed by atoms with Gasteiger partial charge in [-0.05, 0) is 24.6 Å². The highest BCUT2D eigenvalue weighted by Crippen LogP contribution is 2.11. The number of esters is 1. The summed E-state index contributed by atoms with van der Waals surface area (Å²) in [4.78, 5) is 26.0. The standard InChI is InChI=1S/C13H14N2O4/c1-2-19-13(17)11-8-14-12-7-10(3-4-15(11)12)9-18-6-5-16/h3-5,7-8H,2,6,9H2,1H3. The second-order valence-electron chi connectivity index (χ2n) is 3.81. The van der Waals surface area contributed by atoms with E-state index in [1.807, 2.05) is 6.07 Å². The van der Waals surface area contributed by atoms with E-state index in [4.69, 9.17) is 9.47 Å². The zero-order valence-corrected chi connectivity index (χ0v) is 10.5. The molecule has 6 heteroatoms. The summed E-state index contributed by atoms with van der Waals surface area (Å²) in [7, 11) is 0. The maximum Gasteiger partial charge on any atom is 0.356 e. The van der Waals surface area contributed by atoms with Gasteiger partial charge in [-0.1, -0.05) is 0 Å². The number of pyridine rings is 1. The zero-order valence-electron chi connectivity index (χ0n) is 10.5. The Hall–Kier alpha value is -2.21. The summed E-state index contributed by atoms with van der Waals surface area (Å²) in [6.45, 7) is 2.47. The Morgan fingerprint density at radius 3 is 3.11 bits per heavy atom. The van der Waals surface area contributed by atoms with Crippen LogP contribution in [0.5, 0.6) is 0 Å². The van der Waals surface area contributed by atoms with Crippen LogP contribution < -0.4 is 0 Å². The van der Waals surface area contributed by atoms with Crippen molar-refractivity contribution in [3.63, 3.8) is 0 Å². The van der Waals surface area contributed by atoms with Crippen molar-refractivity contribution in [1.82, 2.24) is 9.38 Å². The Balaban J connectivity index is 2.21. The molecule has 0 N–H and O–H groups in total. The van der Waals surface area contributed by atoms with E-state index in [1.165, 1.54) is 6.20 Å². The van der Waals surface area contributed by atoms with Gasteiger partial charge in [0.15, 0.2) is 5.69 Å². The number of ether oxygens (including phenoxy) is 2. The van der Waals surface area contributed by atoms with Gasteiger partial charge in [-0.3, -0.25) is 4.40 Å². The van der Waals surface area contributed by atoms with Crippen LogP contribution in [0.25, 0.3) is 5.65 Å². The van der Waals surface area contributed by atoms with Gasteiger partial charge >= 0.3 is 5.97 Å². The van der Waals surface area contributed by atoms with Crippen LogP contribution in [0.1, 0.15) is 23.0 Å². The highest BCUT2D eigenvalue weighted by molar-refractivity contribution is 5.88. The minimum absolute atomic E-state index is 0.0632. The average molecular weight is 262 g/mol. The van der Waals surface area contributed by atoms with E-state index in [0.717, 1.165) is 5.56 Å². The summed E-state index contributed by atoms with van der Waals surface area (Å²) in [5, 5.41) is 0. The number of imidazole rings is 1. The molecule has 0 bridgehead atoms. The molecule has 0 aliphatic heterocycles. The number of carbonyl (C=O) groups is 2. The Kier molecular flexibility index (Phi) is 4.25. The monoisotopic (exact) mass is 262 g/mol. The molecule has 2 heterocycles. The third-order valence-corrected chi connectivity index (χ3v) is 2.52. The predicted molar refractivity (Wildman–Crippen MR) is 66.9 cm³/mol. The van der Waals surface area contributed by atoms with Crippen molar-refractivity contribution in [3.05, 3.63) is 35.8 Å². The molecular weight excluding hydrogens is 248 g/mol. The van der Waals surface area contributed by atoms with Crippen molar-refractivity contribution in [3.8, 4) is 0 Å². The third kappa shape index (κ3) is 2.97. The smallest absolute Gasteiger partial charge is 0.356 e. The van der Waals surface area contributed by atoms with Crippen LogP contribution >= 0.6 is 0 Å². The van der Waals surface area contributed by atoms with Gasteiger partial charge in [0, 0.05) is 6.20 Å². The lowest BCUT2D eigenvalue weighted by atomic mass is 10.3. The van der Waals surface area contributed by atoms with E-state index in [0.29, 0.717) is 30.8 Å². The molecule has 2 aromatic rings. The molecule has 0 amide bonds. The summed E-state index contributed by atoms with van der Waals surface area (Å²) in [6.07, 6.45) is 3.91. The molecule has 0 aliphatic rings. The van der Waals surface area contributed by atoms with Crippen LogP contribution in [0.2, 0.25) is 0 Å². The van der Waals surface area contributed by atoms with Gasteiger partial charge in [0.1, 0.15) is 18.5 Å². The fraction of sp³-hybridized carbons (Fsp3) is 0.308. The van der Waals surface area contributed by atoms with Crippen LogP contribution in [-0.2, 0) is 20.9 Å². The van der Waals surface area contributed by atoms with Gasteiger partial charge in [-0.25, -0.2) is 9.78 Å². The second kappa shape index (κ2) is 6.10. The molecule has 19 heavy (non-hydrogen) atoms. The Morgan fingerprint density at radius 2 is 2.37 bits per heavy atom. The summed E-state index contributed by atoms with van der Waals surface area (Å²) in [5.74, 6) is -0.403. The second-order valence-corrected chi connectivity index (χ2v) is 3.81. The normalized spacial score (nSPS) is 10.6. The van der Waals surface area contributed by atoms with Gasteiger partial charge in [-0.2, -0.15) is 0 Å². The fourth-order valence-corrected chi connectivity index (χ4v) is 1.69. The van der Waals surface area contributed by atoms with Gasteiger partial charge in [0.05, 0.1) is 19.4 Å². The van der Waals surface area contributed by atoms with Crippen molar-refractivity contribution in [2.75, 3.05) is 13.2 Å². The van der Waals surface area contributed by atoms with Crippen LogP contribution in [0.3, 0.4) is 0 Å². The molecule has 0 saturated heterocycles. The summed E-state index contributed by atoms with van der Waals surface area (Å²) in [6, 6.07) is 3.61. The first-order valence-electron chi connectivity index (χ1n) is 5.90. The van der Waals surface area contributed by atoms with Gasteiger partial charge < -0.3 is 14.3 Å². The van der Waals surface area contributed by atoms with Crippen LogP contribution in [0.4, 0.5) is 0 Å². The maximum atomic E-state index is 11.7. The summed E-state index contributed by atoms with van der Waals surface area (Å²) < 4.78 is 11.7. The Morgan fingerprint density at radius 1 is 1.53 bits per heavy atom. The fourth-order valence-electron chi connectivity index (χ4n) is 1.69. The molecule has 0 fully saturated rings. The topological polar surface area (TPSA) is 69.9 Å². The van der Waals surface area contributed by atoms with Crippen molar-refractivity contribution in [1.29, 1.82) is 0 Å². The molecule has 100 valence electrons. The van der Waals surface area contributed by atoms with Crippen LogP contribution in [0, 0.1) is 0 Å². The lowest BCUT2D eigenvalue weighted by molar-refractivity contribution is -0.112. The van der Waals surface area contributed by atoms with Gasteiger partial charge in [0.25, 0.3) is 0 Å². The molecule has 0 aliphatic carbocycles. The molecule has 0 atom stereocenters. The number of nitrogens with zero attached hydrogens (tertiary/aromatic N) is 2. The number of hydrogen-bond acceptors (Lipinski definition) is 5. The third-order valence-electron chi connectivity index (χ3n) is 2.52. The van der Waals surface area contributed by atoms with E-state index >= 15 is 0 Å². The Labute approximate surface area is 110 Å². The number of hydrogen-bond donors (Lipinski definition) is 0. The van der Waals surface area contributed by atoms with Crippen molar-refractivity contribution in [2.45, 2.75) is 13.5 Å². The highest BCUT2D eigenvalue weighted by atomic mass is 16.5. The number of rotatable bonds is 6. The van der Waals surface area contributed by atoms with Crippen LogP contribution in [0.15, 0.2) is 24.5 Å². The van der Waals surface area contributed by atoms with E-state index < -0.39 is 5.97 Å². The largest absolute Gasteiger partial charge is 0.461 e. The zero-order chi connectivity index (χ0) is 13.7. The predicted octanol–water partition coefficient (Wildman–Crippen LogP) is 1.23. The van der Waals surface area contributed by atoms with Gasteiger partial charge in [0.2, 0.25) is 0 Å². The minimum atomic E-state index is -0.403. The number of fused-ring (bicyclic) bond motifs is 1. The average Bonchev–Trinajstić information content (AvgIpc) is 2.82. The lowest BCUT2D eigenvalue weighted by Crippen LogP contribution is -2.07. The molecule has 6 nitrogen and oxygen atoms in total. The molecule has 2 rings (SSSR count). The minimum Gasteiger partial charge on any atom is -0.461 e. The van der Waals surface area contributed by atoms with E-state index in [1.54, 1.807) is 23.6 Å². The molecular formula is C13H14N2O4.